The van der Waals surface area contributed by atoms with Gasteiger partial charge in [-0.15, -0.1) is 0 Å². The van der Waals surface area contributed by atoms with Crippen LogP contribution < -0.4 is 5.43 Å². The van der Waals surface area contributed by atoms with Crippen LogP contribution in [-0.4, -0.2) is 46.5 Å². The number of likely N-dealkylation sites (tertiary alicyclic amines) is 1. The molecular formula is C22H19F4NO5. The van der Waals surface area contributed by atoms with E-state index in [0.717, 1.165) is 18.2 Å². The number of aliphatic hydroxyl groups is 1. The number of aromatic hydroxyl groups is 2. The van der Waals surface area contributed by atoms with E-state index in [2.05, 4.69) is 0 Å². The molecule has 32 heavy (non-hydrogen) atoms. The van der Waals surface area contributed by atoms with Crippen LogP contribution in [0, 0.1) is 5.82 Å². The highest BCUT2D eigenvalue weighted by atomic mass is 19.4. The van der Waals surface area contributed by atoms with Gasteiger partial charge in [-0.25, -0.2) is 4.39 Å². The molecule has 0 aliphatic carbocycles. The number of halogens is 4. The Hall–Kier alpha value is -3.11. The van der Waals surface area contributed by atoms with Crippen LogP contribution in [0.5, 0.6) is 11.5 Å². The Morgan fingerprint density at radius 3 is 2.50 bits per heavy atom. The Morgan fingerprint density at radius 1 is 1.12 bits per heavy atom. The van der Waals surface area contributed by atoms with Gasteiger partial charge in [-0.2, -0.15) is 13.2 Å². The highest BCUT2D eigenvalue weighted by molar-refractivity contribution is 5.89. The summed E-state index contributed by atoms with van der Waals surface area (Å²) >= 11 is 0. The van der Waals surface area contributed by atoms with E-state index < -0.39 is 46.5 Å². The molecule has 0 spiro atoms. The van der Waals surface area contributed by atoms with Crippen LogP contribution in [0.2, 0.25) is 0 Å². The molecule has 2 heterocycles. The molecule has 0 bridgehead atoms. The van der Waals surface area contributed by atoms with Gasteiger partial charge in [0.05, 0.1) is 11.7 Å². The molecule has 6 nitrogen and oxygen atoms in total. The molecule has 2 aromatic carbocycles. The highest BCUT2D eigenvalue weighted by Gasteiger charge is 2.35. The summed E-state index contributed by atoms with van der Waals surface area (Å²) in [6.45, 7) is 0.851. The third-order valence-electron chi connectivity index (χ3n) is 5.71. The van der Waals surface area contributed by atoms with Crippen molar-refractivity contribution in [1.82, 2.24) is 4.90 Å². The van der Waals surface area contributed by atoms with Crippen molar-refractivity contribution in [2.45, 2.75) is 24.6 Å². The zero-order chi connectivity index (χ0) is 23.4. The van der Waals surface area contributed by atoms with Crippen molar-refractivity contribution in [2.75, 3.05) is 20.1 Å². The minimum atomic E-state index is -4.96. The maximum atomic E-state index is 13.7. The zero-order valence-corrected chi connectivity index (χ0v) is 16.8. The number of phenolic OH excluding ortho intramolecular Hbond substituents is 2. The van der Waals surface area contributed by atoms with Crippen LogP contribution >= 0.6 is 0 Å². The van der Waals surface area contributed by atoms with Gasteiger partial charge in [0, 0.05) is 35.7 Å². The number of phenols is 2. The van der Waals surface area contributed by atoms with Gasteiger partial charge in [-0.1, -0.05) is 0 Å². The molecule has 0 radical (unpaired) electrons. The largest absolute Gasteiger partial charge is 0.507 e. The normalized spacial score (nSPS) is 20.1. The quantitative estimate of drug-likeness (QED) is 0.511. The maximum Gasteiger partial charge on any atom is 0.419 e. The summed E-state index contributed by atoms with van der Waals surface area (Å²) in [7, 11) is 1.80. The first-order chi connectivity index (χ1) is 15.0. The number of aliphatic hydroxyl groups excluding tert-OH is 1. The molecule has 0 amide bonds. The van der Waals surface area contributed by atoms with Crippen molar-refractivity contribution in [3.63, 3.8) is 0 Å². The van der Waals surface area contributed by atoms with Gasteiger partial charge in [-0.3, -0.25) is 4.79 Å². The summed E-state index contributed by atoms with van der Waals surface area (Å²) in [5, 5.41) is 31.0. The van der Waals surface area contributed by atoms with Crippen LogP contribution in [0.4, 0.5) is 17.6 Å². The van der Waals surface area contributed by atoms with Gasteiger partial charge in [0.15, 0.2) is 5.43 Å². The fourth-order valence-electron chi connectivity index (χ4n) is 4.14. The number of fused-ring (bicyclic) bond motifs is 1. The van der Waals surface area contributed by atoms with Gasteiger partial charge in [-0.05, 0) is 38.2 Å². The van der Waals surface area contributed by atoms with E-state index in [9.17, 15) is 37.7 Å². The Morgan fingerprint density at radius 2 is 1.84 bits per heavy atom. The number of piperidine rings is 1. The first kappa shape index (κ1) is 22.1. The van der Waals surface area contributed by atoms with E-state index in [4.69, 9.17) is 4.42 Å². The lowest BCUT2D eigenvalue weighted by Gasteiger charge is -2.34. The fraction of sp³-hybridized carbons (Fsp3) is 0.318. The SMILES string of the molecule is CN1CC[C@H](c2c(O)cc(O)c3c(=O)cc(-c4ccc(F)c(C(F)(F)F)c4)oc23)[C@H](O)C1. The lowest BCUT2D eigenvalue weighted by molar-refractivity contribution is -0.139. The predicted molar refractivity (Wildman–Crippen MR) is 107 cm³/mol. The topological polar surface area (TPSA) is 94.1 Å². The number of hydrogen-bond donors (Lipinski definition) is 3. The van der Waals surface area contributed by atoms with Crippen molar-refractivity contribution >= 4 is 11.0 Å². The molecule has 10 heteroatoms. The molecule has 3 N–H and O–H groups in total. The first-order valence-electron chi connectivity index (χ1n) is 9.73. The van der Waals surface area contributed by atoms with Crippen LogP contribution in [0.3, 0.4) is 0 Å². The van der Waals surface area contributed by atoms with E-state index in [1.807, 2.05) is 4.90 Å². The highest BCUT2D eigenvalue weighted by Crippen LogP contribution is 2.43. The number of rotatable bonds is 2. The summed E-state index contributed by atoms with van der Waals surface area (Å²) in [6.07, 6.45) is -5.49. The summed E-state index contributed by atoms with van der Waals surface area (Å²) in [5.41, 5.74) is -2.66. The van der Waals surface area contributed by atoms with Gasteiger partial charge in [0.1, 0.15) is 34.0 Å². The standard InChI is InChI=1S/C22H19F4NO5/c1-27-5-4-11(17(31)9-27)19-14(28)7-15(29)20-16(30)8-18(32-21(19)20)10-2-3-13(23)12(6-10)22(24,25)26/h2-3,6-8,11,17,28-29,31H,4-5,9H2,1H3/t11-,17+/m0/s1. The zero-order valence-electron chi connectivity index (χ0n) is 16.8. The predicted octanol–water partition coefficient (Wildman–Crippen LogP) is 3.81. The maximum absolute atomic E-state index is 13.7. The van der Waals surface area contributed by atoms with Crippen LogP contribution in [0.15, 0.2) is 39.5 Å². The van der Waals surface area contributed by atoms with Gasteiger partial charge in [0.25, 0.3) is 0 Å². The summed E-state index contributed by atoms with van der Waals surface area (Å²) < 4.78 is 58.8. The second-order valence-corrected chi connectivity index (χ2v) is 7.92. The summed E-state index contributed by atoms with van der Waals surface area (Å²) in [6, 6.07) is 4.03. The molecule has 4 rings (SSSR count). The monoisotopic (exact) mass is 453 g/mol. The molecule has 1 aromatic heterocycles. The number of likely N-dealkylation sites (N-methyl/N-ethyl adjacent to an activating group) is 1. The minimum absolute atomic E-state index is 0.0792. The Kier molecular flexibility index (Phi) is 5.38. The molecular weight excluding hydrogens is 434 g/mol. The fourth-order valence-corrected chi connectivity index (χ4v) is 4.14. The Bertz CT molecular complexity index is 1250. The van der Waals surface area contributed by atoms with Crippen molar-refractivity contribution in [3.05, 3.63) is 57.5 Å². The van der Waals surface area contributed by atoms with E-state index in [1.165, 1.54) is 0 Å². The lowest BCUT2D eigenvalue weighted by atomic mass is 9.85. The van der Waals surface area contributed by atoms with E-state index in [-0.39, 0.29) is 34.4 Å². The number of nitrogens with zero attached hydrogens (tertiary/aromatic N) is 1. The molecule has 1 saturated heterocycles. The third kappa shape index (κ3) is 3.80. The van der Waals surface area contributed by atoms with Crippen molar-refractivity contribution in [1.29, 1.82) is 0 Å². The number of hydrogen-bond acceptors (Lipinski definition) is 6. The smallest absolute Gasteiger partial charge is 0.419 e. The molecule has 170 valence electrons. The van der Waals surface area contributed by atoms with Crippen LogP contribution in [0.1, 0.15) is 23.5 Å². The van der Waals surface area contributed by atoms with Crippen LogP contribution in [0.25, 0.3) is 22.3 Å². The average Bonchev–Trinajstić information content (AvgIpc) is 2.68. The van der Waals surface area contributed by atoms with E-state index in [1.54, 1.807) is 7.05 Å². The van der Waals surface area contributed by atoms with Gasteiger partial charge >= 0.3 is 6.18 Å². The molecule has 1 aliphatic rings. The molecule has 1 aliphatic heterocycles. The molecule has 1 fully saturated rings. The van der Waals surface area contributed by atoms with Crippen molar-refractivity contribution < 1.29 is 37.3 Å². The lowest BCUT2D eigenvalue weighted by Crippen LogP contribution is -2.40. The van der Waals surface area contributed by atoms with Crippen LogP contribution in [-0.2, 0) is 6.18 Å². The van der Waals surface area contributed by atoms with Gasteiger partial charge < -0.3 is 24.6 Å². The third-order valence-corrected chi connectivity index (χ3v) is 5.71. The summed E-state index contributed by atoms with van der Waals surface area (Å²) in [5.74, 6) is -3.42. The molecule has 2 atom stereocenters. The Labute approximate surface area is 178 Å². The second-order valence-electron chi connectivity index (χ2n) is 7.92. The number of benzene rings is 2. The second kappa shape index (κ2) is 7.79. The van der Waals surface area contributed by atoms with E-state index in [0.29, 0.717) is 25.1 Å². The van der Waals surface area contributed by atoms with Gasteiger partial charge in [0.2, 0.25) is 0 Å². The van der Waals surface area contributed by atoms with Crippen molar-refractivity contribution in [2.24, 2.45) is 0 Å². The summed E-state index contributed by atoms with van der Waals surface area (Å²) in [4.78, 5) is 14.6. The molecule has 3 aromatic rings. The molecule has 0 saturated carbocycles. The van der Waals surface area contributed by atoms with E-state index >= 15 is 0 Å². The molecule has 0 unspecified atom stereocenters. The number of alkyl halides is 3. The first-order valence-corrected chi connectivity index (χ1v) is 9.73. The minimum Gasteiger partial charge on any atom is -0.507 e. The average molecular weight is 453 g/mol. The van der Waals surface area contributed by atoms with Crippen molar-refractivity contribution in [3.8, 4) is 22.8 Å². The Balaban J connectivity index is 1.96. The number of β-amino-alcohol motifs (C(OH)–C–C–N with tert-alkyl or cyclic N) is 1.